The third-order valence-electron chi connectivity index (χ3n) is 6.40. The van der Waals surface area contributed by atoms with Gasteiger partial charge in [-0.2, -0.15) is 18.3 Å². The van der Waals surface area contributed by atoms with Gasteiger partial charge < -0.3 is 4.52 Å². The second-order valence-electron chi connectivity index (χ2n) is 9.55. The van der Waals surface area contributed by atoms with Crippen molar-refractivity contribution in [1.82, 2.24) is 29.3 Å². The summed E-state index contributed by atoms with van der Waals surface area (Å²) in [6.45, 7) is 1.94. The lowest BCUT2D eigenvalue weighted by Crippen LogP contribution is -2.35. The standard InChI is InChI=1S/C26H22F4N6O2/c1-25(2,26(28,29)30)23-9-18(34-38-23)8-19(37)6-15-4-5-16(7-20(15)27)22-12-31-24-10-21(32-14-36(22)24)17-11-33-35(3)13-17/h4-5,7,9-14H,6,8H2,1-3H3. The number of alkyl halides is 3. The summed E-state index contributed by atoms with van der Waals surface area (Å²) in [5.41, 5.74) is 1.27. The van der Waals surface area contributed by atoms with Crippen molar-refractivity contribution in [1.29, 1.82) is 0 Å². The van der Waals surface area contributed by atoms with E-state index in [0.29, 0.717) is 22.6 Å². The van der Waals surface area contributed by atoms with Crippen molar-refractivity contribution in [3.8, 4) is 22.5 Å². The van der Waals surface area contributed by atoms with Crippen LogP contribution in [0.3, 0.4) is 0 Å². The summed E-state index contributed by atoms with van der Waals surface area (Å²) in [7, 11) is 1.81. The van der Waals surface area contributed by atoms with Gasteiger partial charge in [0.15, 0.2) is 5.76 Å². The number of carbonyl (C=O) groups excluding carboxylic acids is 1. The normalized spacial score (nSPS) is 12.4. The predicted octanol–water partition coefficient (Wildman–Crippen LogP) is 5.12. The summed E-state index contributed by atoms with van der Waals surface area (Å²) in [6.07, 6.45) is 1.66. The zero-order chi connectivity index (χ0) is 27.2. The van der Waals surface area contributed by atoms with Crippen LogP contribution in [0.25, 0.3) is 28.2 Å². The van der Waals surface area contributed by atoms with Crippen LogP contribution in [0.2, 0.25) is 0 Å². The molecule has 0 unspecified atom stereocenters. The number of hydrogen-bond donors (Lipinski definition) is 0. The van der Waals surface area contributed by atoms with E-state index in [1.807, 2.05) is 13.2 Å². The van der Waals surface area contributed by atoms with Crippen LogP contribution < -0.4 is 0 Å². The van der Waals surface area contributed by atoms with Crippen LogP contribution in [0.5, 0.6) is 0 Å². The van der Waals surface area contributed by atoms with Crippen molar-refractivity contribution in [2.24, 2.45) is 7.05 Å². The van der Waals surface area contributed by atoms with Crippen LogP contribution in [0.15, 0.2) is 59.8 Å². The Morgan fingerprint density at radius 2 is 1.82 bits per heavy atom. The molecule has 0 spiro atoms. The molecule has 0 saturated carbocycles. The number of hydrogen-bond acceptors (Lipinski definition) is 6. The van der Waals surface area contributed by atoms with Crippen LogP contribution in [-0.4, -0.2) is 41.3 Å². The number of aryl methyl sites for hydroxylation is 1. The molecule has 0 fully saturated rings. The zero-order valence-corrected chi connectivity index (χ0v) is 20.6. The highest BCUT2D eigenvalue weighted by atomic mass is 19.4. The quantitative estimate of drug-likeness (QED) is 0.274. The number of fused-ring (bicyclic) bond motifs is 1. The van der Waals surface area contributed by atoms with Gasteiger partial charge in [-0.3, -0.25) is 13.9 Å². The van der Waals surface area contributed by atoms with E-state index >= 15 is 0 Å². The number of carbonyl (C=O) groups is 1. The first kappa shape index (κ1) is 25.3. The summed E-state index contributed by atoms with van der Waals surface area (Å²) >= 11 is 0. The molecule has 5 rings (SSSR count). The molecule has 0 aliphatic carbocycles. The Morgan fingerprint density at radius 3 is 2.50 bits per heavy atom. The van der Waals surface area contributed by atoms with E-state index < -0.39 is 29.0 Å². The van der Waals surface area contributed by atoms with Crippen molar-refractivity contribution >= 4 is 11.4 Å². The molecule has 0 aliphatic heterocycles. The van der Waals surface area contributed by atoms with E-state index in [4.69, 9.17) is 4.52 Å². The SMILES string of the molecule is Cn1cc(-c2cc3ncc(-c4ccc(CC(=O)Cc5cc(C(C)(C)C(F)(F)F)on5)c(F)c4)n3cn2)cn1. The van der Waals surface area contributed by atoms with Gasteiger partial charge in [-0.25, -0.2) is 14.4 Å². The van der Waals surface area contributed by atoms with Gasteiger partial charge in [0, 0.05) is 42.9 Å². The highest BCUT2D eigenvalue weighted by molar-refractivity contribution is 5.83. The maximum Gasteiger partial charge on any atom is 0.401 e. The van der Waals surface area contributed by atoms with E-state index in [-0.39, 0.29) is 24.1 Å². The Bertz CT molecular complexity index is 1650. The van der Waals surface area contributed by atoms with Crippen LogP contribution in [-0.2, 0) is 30.1 Å². The maximum atomic E-state index is 15.0. The van der Waals surface area contributed by atoms with E-state index in [0.717, 1.165) is 25.5 Å². The van der Waals surface area contributed by atoms with Crippen molar-refractivity contribution in [2.75, 3.05) is 0 Å². The van der Waals surface area contributed by atoms with Gasteiger partial charge in [-0.05, 0) is 25.5 Å². The third kappa shape index (κ3) is 4.69. The number of Topliss-reactive ketones (excluding diaryl/α,β-unsaturated/α-hetero) is 1. The first-order valence-corrected chi connectivity index (χ1v) is 11.6. The monoisotopic (exact) mass is 526 g/mol. The Balaban J connectivity index is 1.31. The molecule has 38 heavy (non-hydrogen) atoms. The molecule has 196 valence electrons. The number of rotatable bonds is 7. The number of nitrogens with zero attached hydrogens (tertiary/aromatic N) is 6. The Hall–Kier alpha value is -4.35. The van der Waals surface area contributed by atoms with Crippen molar-refractivity contribution < 1.29 is 26.9 Å². The minimum atomic E-state index is -4.54. The van der Waals surface area contributed by atoms with Gasteiger partial charge in [-0.1, -0.05) is 17.3 Å². The lowest BCUT2D eigenvalue weighted by molar-refractivity contribution is -0.185. The van der Waals surface area contributed by atoms with Crippen molar-refractivity contribution in [3.63, 3.8) is 0 Å². The number of aromatic nitrogens is 6. The predicted molar refractivity (Wildman–Crippen MR) is 129 cm³/mol. The smallest absolute Gasteiger partial charge is 0.360 e. The zero-order valence-electron chi connectivity index (χ0n) is 20.6. The molecule has 12 heteroatoms. The lowest BCUT2D eigenvalue weighted by Gasteiger charge is -2.24. The van der Waals surface area contributed by atoms with Crippen molar-refractivity contribution in [2.45, 2.75) is 38.3 Å². The molecule has 0 N–H and O–H groups in total. The lowest BCUT2D eigenvalue weighted by atomic mass is 9.89. The van der Waals surface area contributed by atoms with Crippen LogP contribution in [0, 0.1) is 5.82 Å². The summed E-state index contributed by atoms with van der Waals surface area (Å²) < 4.78 is 62.9. The van der Waals surface area contributed by atoms with Gasteiger partial charge in [0.05, 0.1) is 35.9 Å². The first-order valence-electron chi connectivity index (χ1n) is 11.6. The van der Waals surface area contributed by atoms with Crippen LogP contribution in [0.1, 0.15) is 30.9 Å². The number of halogens is 4. The van der Waals surface area contributed by atoms with Gasteiger partial charge in [0.2, 0.25) is 0 Å². The number of imidazole rings is 1. The van der Waals surface area contributed by atoms with Gasteiger partial charge in [0.1, 0.15) is 29.0 Å². The Kier molecular flexibility index (Phi) is 6.12. The second-order valence-corrected chi connectivity index (χ2v) is 9.55. The minimum absolute atomic E-state index is 0.0586. The summed E-state index contributed by atoms with van der Waals surface area (Å²) in [4.78, 5) is 21.4. The topological polar surface area (TPSA) is 91.1 Å². The van der Waals surface area contributed by atoms with Gasteiger partial charge in [0.25, 0.3) is 0 Å². The summed E-state index contributed by atoms with van der Waals surface area (Å²) in [5, 5.41) is 7.74. The molecule has 0 radical (unpaired) electrons. The second kappa shape index (κ2) is 9.19. The Morgan fingerprint density at radius 1 is 1.03 bits per heavy atom. The molecular formula is C26H22F4N6O2. The molecule has 5 aromatic rings. The molecule has 4 heterocycles. The molecule has 0 atom stereocenters. The summed E-state index contributed by atoms with van der Waals surface area (Å²) in [5.74, 6) is -1.40. The van der Waals surface area contributed by atoms with E-state index in [1.54, 1.807) is 39.9 Å². The fraction of sp³-hybridized carbons (Fsp3) is 0.269. The molecule has 0 saturated heterocycles. The largest absolute Gasteiger partial charge is 0.401 e. The fourth-order valence-electron chi connectivity index (χ4n) is 3.96. The molecule has 0 aliphatic rings. The highest BCUT2D eigenvalue weighted by Crippen LogP contribution is 2.40. The van der Waals surface area contributed by atoms with Crippen LogP contribution in [0.4, 0.5) is 17.6 Å². The number of ketones is 1. The number of benzene rings is 1. The van der Waals surface area contributed by atoms with Gasteiger partial charge >= 0.3 is 6.18 Å². The average molecular weight is 526 g/mol. The fourth-order valence-corrected chi connectivity index (χ4v) is 3.96. The molecule has 0 bridgehead atoms. The average Bonchev–Trinajstić information content (AvgIpc) is 3.59. The molecule has 4 aromatic heterocycles. The van der Waals surface area contributed by atoms with Gasteiger partial charge in [-0.15, -0.1) is 0 Å². The minimum Gasteiger partial charge on any atom is -0.360 e. The molecule has 8 nitrogen and oxygen atoms in total. The highest BCUT2D eigenvalue weighted by Gasteiger charge is 2.51. The Labute approximate surface area is 213 Å². The third-order valence-corrected chi connectivity index (χ3v) is 6.40. The molecule has 0 amide bonds. The van der Waals surface area contributed by atoms with E-state index in [2.05, 4.69) is 20.2 Å². The van der Waals surface area contributed by atoms with E-state index in [9.17, 15) is 22.4 Å². The molecular weight excluding hydrogens is 504 g/mol. The first-order chi connectivity index (χ1) is 17.9. The van der Waals surface area contributed by atoms with Crippen LogP contribution >= 0.6 is 0 Å². The maximum absolute atomic E-state index is 15.0. The summed E-state index contributed by atoms with van der Waals surface area (Å²) in [6, 6.07) is 7.39. The van der Waals surface area contributed by atoms with E-state index in [1.165, 1.54) is 12.1 Å². The molecule has 1 aromatic carbocycles. The van der Waals surface area contributed by atoms with Crippen molar-refractivity contribution in [3.05, 3.63) is 78.1 Å².